The molecule has 0 saturated heterocycles. The van der Waals surface area contributed by atoms with Crippen molar-refractivity contribution in [2.24, 2.45) is 5.73 Å². The van der Waals surface area contributed by atoms with E-state index in [2.05, 4.69) is 14.2 Å². The quantitative estimate of drug-likeness (QED) is 0.198. The standard InChI is InChI=1S/3C5H13NO2S.C4H11NO3/c3*1-5(2,3)6-9(4,7)8;5-4(1-6,2-7)3-8/h3*6H,1-4H3;6-8H,1-3,5H2. The van der Waals surface area contributed by atoms with E-state index in [1.807, 2.05) is 0 Å². The van der Waals surface area contributed by atoms with Crippen molar-refractivity contribution in [3.63, 3.8) is 0 Å². The molecule has 0 fully saturated rings. The Morgan fingerprint density at radius 2 is 0.657 bits per heavy atom. The molecular formula is C19H50N4O9S3. The second kappa shape index (κ2) is 15.7. The Kier molecular flexibility index (Phi) is 18.7. The molecule has 0 amide bonds. The highest BCUT2D eigenvalue weighted by Crippen LogP contribution is 2.00. The van der Waals surface area contributed by atoms with Gasteiger partial charge in [0.2, 0.25) is 30.1 Å². The van der Waals surface area contributed by atoms with Crippen LogP contribution in [-0.4, -0.2) is 101 Å². The first-order valence-corrected chi connectivity index (χ1v) is 16.1. The molecule has 218 valence electrons. The predicted octanol–water partition coefficient (Wildman–Crippen LogP) is -1.34. The van der Waals surface area contributed by atoms with Crippen LogP contribution in [0.4, 0.5) is 0 Å². The van der Waals surface area contributed by atoms with Gasteiger partial charge in [0.05, 0.1) is 44.1 Å². The normalized spacial score (nSPS) is 13.4. The third kappa shape index (κ3) is 47.4. The lowest BCUT2D eigenvalue weighted by atomic mass is 10.1. The Labute approximate surface area is 213 Å². The zero-order chi connectivity index (χ0) is 29.7. The van der Waals surface area contributed by atoms with Gasteiger partial charge in [-0.15, -0.1) is 0 Å². The minimum absolute atomic E-state index is 0.354. The molecular weight excluding hydrogens is 524 g/mol. The van der Waals surface area contributed by atoms with Gasteiger partial charge in [-0.1, -0.05) is 0 Å². The molecule has 0 spiro atoms. The van der Waals surface area contributed by atoms with Crippen molar-refractivity contribution < 1.29 is 40.6 Å². The maximum Gasteiger partial charge on any atom is 0.209 e. The van der Waals surface area contributed by atoms with Crippen LogP contribution in [0.25, 0.3) is 0 Å². The van der Waals surface area contributed by atoms with E-state index in [0.717, 1.165) is 18.8 Å². The van der Waals surface area contributed by atoms with Gasteiger partial charge in [-0.2, -0.15) is 0 Å². The van der Waals surface area contributed by atoms with Gasteiger partial charge in [0, 0.05) is 16.6 Å². The van der Waals surface area contributed by atoms with Gasteiger partial charge in [-0.05, 0) is 62.3 Å². The third-order valence-electron chi connectivity index (χ3n) is 2.42. The van der Waals surface area contributed by atoms with Gasteiger partial charge in [0.15, 0.2) is 0 Å². The molecule has 0 aromatic rings. The summed E-state index contributed by atoms with van der Waals surface area (Å²) in [5.74, 6) is 0. The number of aliphatic hydroxyl groups is 3. The molecule has 0 aliphatic rings. The predicted molar refractivity (Wildman–Crippen MR) is 141 cm³/mol. The van der Waals surface area contributed by atoms with E-state index in [1.165, 1.54) is 0 Å². The Morgan fingerprint density at radius 1 is 0.514 bits per heavy atom. The summed E-state index contributed by atoms with van der Waals surface area (Å²) >= 11 is 0. The number of rotatable bonds is 6. The smallest absolute Gasteiger partial charge is 0.209 e. The largest absolute Gasteiger partial charge is 0.394 e. The Balaban J connectivity index is -0.000000183. The molecule has 16 heteroatoms. The van der Waals surface area contributed by atoms with Crippen LogP contribution in [-0.2, 0) is 30.1 Å². The van der Waals surface area contributed by atoms with Crippen LogP contribution in [0, 0.1) is 0 Å². The second-order valence-electron chi connectivity index (χ2n) is 11.2. The van der Waals surface area contributed by atoms with E-state index in [9.17, 15) is 25.3 Å². The summed E-state index contributed by atoms with van der Waals surface area (Å²) in [5.41, 5.74) is 2.88. The van der Waals surface area contributed by atoms with Crippen LogP contribution in [0.2, 0.25) is 0 Å². The van der Waals surface area contributed by atoms with Gasteiger partial charge >= 0.3 is 0 Å². The Morgan fingerprint density at radius 3 is 0.657 bits per heavy atom. The Hall–Kier alpha value is -0.430. The molecule has 0 aliphatic carbocycles. The lowest BCUT2D eigenvalue weighted by Gasteiger charge is -2.20. The first-order valence-electron chi connectivity index (χ1n) is 10.4. The number of hydrogen-bond acceptors (Lipinski definition) is 10. The molecule has 0 aliphatic heterocycles. The third-order valence-corrected chi connectivity index (χ3v) is 5.37. The van der Waals surface area contributed by atoms with Crippen LogP contribution in [0.1, 0.15) is 62.3 Å². The molecule has 0 bridgehead atoms. The average molecular weight is 575 g/mol. The average Bonchev–Trinajstić information content (AvgIpc) is 2.45. The van der Waals surface area contributed by atoms with E-state index >= 15 is 0 Å². The maximum absolute atomic E-state index is 10.5. The van der Waals surface area contributed by atoms with Crippen molar-refractivity contribution in [2.75, 3.05) is 38.6 Å². The second-order valence-corrected chi connectivity index (χ2v) is 16.5. The summed E-state index contributed by atoms with van der Waals surface area (Å²) in [5, 5.41) is 25.0. The molecule has 0 atom stereocenters. The van der Waals surface area contributed by atoms with Crippen molar-refractivity contribution in [1.82, 2.24) is 14.2 Å². The fourth-order valence-electron chi connectivity index (χ4n) is 1.82. The molecule has 35 heavy (non-hydrogen) atoms. The zero-order valence-electron chi connectivity index (χ0n) is 23.2. The number of nitrogens with one attached hydrogen (secondary N) is 3. The summed E-state index contributed by atoms with van der Waals surface area (Å²) in [6, 6.07) is 0. The van der Waals surface area contributed by atoms with Crippen molar-refractivity contribution in [3.8, 4) is 0 Å². The maximum atomic E-state index is 10.5. The molecule has 0 aromatic heterocycles. The van der Waals surface area contributed by atoms with Crippen molar-refractivity contribution >= 4 is 30.1 Å². The number of aliphatic hydroxyl groups excluding tert-OH is 3. The van der Waals surface area contributed by atoms with E-state index < -0.39 is 55.4 Å². The summed E-state index contributed by atoms with van der Waals surface area (Å²) in [6.07, 6.45) is 3.45. The molecule has 0 heterocycles. The van der Waals surface area contributed by atoms with E-state index in [-0.39, 0.29) is 16.6 Å². The van der Waals surface area contributed by atoms with Crippen LogP contribution in [0.3, 0.4) is 0 Å². The first kappa shape index (κ1) is 41.7. The lowest BCUT2D eigenvalue weighted by Crippen LogP contribution is -2.50. The van der Waals surface area contributed by atoms with Gasteiger partial charge in [0.25, 0.3) is 0 Å². The van der Waals surface area contributed by atoms with Crippen LogP contribution < -0.4 is 19.9 Å². The lowest BCUT2D eigenvalue weighted by molar-refractivity contribution is 0.0697. The molecule has 0 unspecified atom stereocenters. The van der Waals surface area contributed by atoms with Crippen molar-refractivity contribution in [2.45, 2.75) is 84.5 Å². The summed E-state index contributed by atoms with van der Waals surface area (Å²) < 4.78 is 70.5. The van der Waals surface area contributed by atoms with Crippen LogP contribution >= 0.6 is 0 Å². The molecule has 8 N–H and O–H groups in total. The molecule has 0 saturated carbocycles. The SMILES string of the molecule is CC(C)(C)NS(C)(=O)=O.CC(C)(C)NS(C)(=O)=O.CC(C)(C)NS(C)(=O)=O.NC(CO)(CO)CO. The molecule has 0 rings (SSSR count). The highest BCUT2D eigenvalue weighted by atomic mass is 32.2. The van der Waals surface area contributed by atoms with Crippen LogP contribution in [0.15, 0.2) is 0 Å². The van der Waals surface area contributed by atoms with Crippen LogP contribution in [0.5, 0.6) is 0 Å². The van der Waals surface area contributed by atoms with E-state index in [1.54, 1.807) is 62.3 Å². The zero-order valence-corrected chi connectivity index (χ0v) is 25.7. The monoisotopic (exact) mass is 574 g/mol. The van der Waals surface area contributed by atoms with Crippen molar-refractivity contribution in [1.29, 1.82) is 0 Å². The van der Waals surface area contributed by atoms with E-state index in [4.69, 9.17) is 21.1 Å². The Bertz CT molecular complexity index is 766. The van der Waals surface area contributed by atoms with Gasteiger partial charge < -0.3 is 21.1 Å². The first-order chi connectivity index (χ1) is 14.8. The highest BCUT2D eigenvalue weighted by Gasteiger charge is 2.20. The number of sulfonamides is 3. The number of hydrogen-bond donors (Lipinski definition) is 7. The van der Waals surface area contributed by atoms with Gasteiger partial charge in [0.1, 0.15) is 0 Å². The fourth-order valence-corrected chi connectivity index (χ4v) is 5.16. The minimum atomic E-state index is -3.03. The number of nitrogens with two attached hydrogens (primary N) is 1. The summed E-state index contributed by atoms with van der Waals surface area (Å²) in [7, 11) is -9.10. The van der Waals surface area contributed by atoms with Gasteiger partial charge in [-0.25, -0.2) is 39.4 Å². The summed E-state index contributed by atoms with van der Waals surface area (Å²) in [6.45, 7) is 15.0. The summed E-state index contributed by atoms with van der Waals surface area (Å²) in [4.78, 5) is 0. The topological polar surface area (TPSA) is 225 Å². The fraction of sp³-hybridized carbons (Fsp3) is 1.00. The van der Waals surface area contributed by atoms with Gasteiger partial charge in [-0.3, -0.25) is 0 Å². The molecule has 13 nitrogen and oxygen atoms in total. The minimum Gasteiger partial charge on any atom is -0.394 e. The van der Waals surface area contributed by atoms with E-state index in [0.29, 0.717) is 0 Å². The van der Waals surface area contributed by atoms with Crippen molar-refractivity contribution in [3.05, 3.63) is 0 Å². The molecule has 0 radical (unpaired) electrons. The molecule has 0 aromatic carbocycles. The highest BCUT2D eigenvalue weighted by molar-refractivity contribution is 7.89.